The fourth-order valence-electron chi connectivity index (χ4n) is 4.34. The molecule has 25 heavy (non-hydrogen) atoms. The molecule has 0 bridgehead atoms. The molecule has 0 heterocycles. The van der Waals surface area contributed by atoms with Crippen molar-refractivity contribution in [3.8, 4) is 11.8 Å². The fourth-order valence-corrected chi connectivity index (χ4v) is 4.67. The van der Waals surface area contributed by atoms with Crippen LogP contribution in [0.2, 0.25) is 5.02 Å². The minimum Gasteiger partial charge on any atom is -0.301 e. The largest absolute Gasteiger partial charge is 0.301 e. The summed E-state index contributed by atoms with van der Waals surface area (Å²) in [6.45, 7) is 2.22. The summed E-state index contributed by atoms with van der Waals surface area (Å²) in [5, 5.41) is 4.66. The van der Waals surface area contributed by atoms with Crippen LogP contribution in [0.15, 0.2) is 18.2 Å². The Morgan fingerprint density at radius 1 is 1.04 bits per heavy atom. The van der Waals surface area contributed by atoms with E-state index in [0.29, 0.717) is 18.0 Å². The van der Waals surface area contributed by atoms with Crippen LogP contribution in [0.4, 0.5) is 0 Å². The smallest absolute Gasteiger partial charge is 0.0692 e. The summed E-state index contributed by atoms with van der Waals surface area (Å²) < 4.78 is 0. The molecule has 0 saturated heterocycles. The highest BCUT2D eigenvalue weighted by Crippen LogP contribution is 2.36. The van der Waals surface area contributed by atoms with Crippen LogP contribution in [-0.4, -0.2) is 12.1 Å². The number of nitrogens with one attached hydrogen (secondary N) is 1. The van der Waals surface area contributed by atoms with E-state index in [1.54, 1.807) is 0 Å². The number of hydrogen-bond acceptors (Lipinski definition) is 1. The zero-order valence-corrected chi connectivity index (χ0v) is 16.4. The lowest BCUT2D eigenvalue weighted by atomic mass is 9.84. The van der Waals surface area contributed by atoms with Crippen LogP contribution in [0, 0.1) is 11.8 Å². The topological polar surface area (TPSA) is 12.0 Å². The van der Waals surface area contributed by atoms with Crippen LogP contribution in [-0.2, 0) is 0 Å². The first-order chi connectivity index (χ1) is 12.3. The average Bonchev–Trinajstić information content (AvgIpc) is 2.66. The van der Waals surface area contributed by atoms with E-state index >= 15 is 0 Å². The highest BCUT2D eigenvalue weighted by molar-refractivity contribution is 6.31. The summed E-state index contributed by atoms with van der Waals surface area (Å²) in [5.74, 6) is 7.45. The Bertz CT molecular complexity index is 600. The van der Waals surface area contributed by atoms with Gasteiger partial charge >= 0.3 is 0 Å². The van der Waals surface area contributed by atoms with Gasteiger partial charge in [0.25, 0.3) is 0 Å². The van der Waals surface area contributed by atoms with Gasteiger partial charge in [0.05, 0.1) is 6.04 Å². The summed E-state index contributed by atoms with van der Waals surface area (Å²) in [5.41, 5.74) is 2.38. The van der Waals surface area contributed by atoms with Crippen molar-refractivity contribution in [2.24, 2.45) is 0 Å². The molecule has 0 aliphatic heterocycles. The lowest BCUT2D eigenvalue weighted by molar-refractivity contribution is 0.355. The first-order valence-corrected chi connectivity index (χ1v) is 10.7. The lowest BCUT2D eigenvalue weighted by Crippen LogP contribution is -2.38. The van der Waals surface area contributed by atoms with Gasteiger partial charge in [-0.1, -0.05) is 75.0 Å². The van der Waals surface area contributed by atoms with Gasteiger partial charge in [0.15, 0.2) is 0 Å². The van der Waals surface area contributed by atoms with Crippen molar-refractivity contribution in [3.05, 3.63) is 34.3 Å². The summed E-state index contributed by atoms with van der Waals surface area (Å²) in [6, 6.07) is 7.41. The summed E-state index contributed by atoms with van der Waals surface area (Å²) in [4.78, 5) is 0. The molecule has 1 atom stereocenters. The molecule has 3 rings (SSSR count). The third-order valence-corrected chi connectivity index (χ3v) is 6.21. The first kappa shape index (κ1) is 18.8. The molecule has 1 N–H and O–H groups in total. The van der Waals surface area contributed by atoms with Crippen molar-refractivity contribution in [1.82, 2.24) is 5.32 Å². The Balaban J connectivity index is 1.63. The van der Waals surface area contributed by atoms with Crippen LogP contribution in [0.3, 0.4) is 0 Å². The molecule has 0 aromatic heterocycles. The minimum absolute atomic E-state index is 0.292. The van der Waals surface area contributed by atoms with Crippen molar-refractivity contribution in [2.75, 3.05) is 0 Å². The zero-order valence-electron chi connectivity index (χ0n) is 15.6. The first-order valence-electron chi connectivity index (χ1n) is 10.3. The highest BCUT2D eigenvalue weighted by Gasteiger charge is 2.18. The number of benzene rings is 1. The van der Waals surface area contributed by atoms with Gasteiger partial charge in [0.1, 0.15) is 0 Å². The Morgan fingerprint density at radius 2 is 1.72 bits per heavy atom. The van der Waals surface area contributed by atoms with Gasteiger partial charge in [-0.2, -0.15) is 0 Å². The molecule has 1 nitrogen and oxygen atoms in total. The minimum atomic E-state index is 0.292. The molecule has 136 valence electrons. The predicted octanol–water partition coefficient (Wildman–Crippen LogP) is 6.44. The van der Waals surface area contributed by atoms with Crippen LogP contribution in [0.5, 0.6) is 0 Å². The molecule has 0 amide bonds. The van der Waals surface area contributed by atoms with Crippen molar-refractivity contribution >= 4 is 11.6 Å². The van der Waals surface area contributed by atoms with Crippen LogP contribution in [0.25, 0.3) is 0 Å². The van der Waals surface area contributed by atoms with Crippen LogP contribution in [0.1, 0.15) is 94.6 Å². The van der Waals surface area contributed by atoms with Crippen LogP contribution >= 0.6 is 11.6 Å². The summed E-state index contributed by atoms with van der Waals surface area (Å²) in [6.07, 6.45) is 14.4. The standard InChI is InChI=1S/C23H32ClN/c1-2-20(25-21-11-7-4-8-12-21)15-13-18-14-16-22(23(24)17-18)19-9-5-3-6-10-19/h14,16-17,19-21,25H,2-12H2,1H3. The molecule has 1 aromatic carbocycles. The van der Waals surface area contributed by atoms with E-state index in [-0.39, 0.29) is 0 Å². The number of rotatable bonds is 4. The van der Waals surface area contributed by atoms with Gasteiger partial charge in [-0.15, -0.1) is 0 Å². The molecular weight excluding hydrogens is 326 g/mol. The van der Waals surface area contributed by atoms with E-state index in [0.717, 1.165) is 17.0 Å². The maximum absolute atomic E-state index is 6.58. The molecule has 2 heteroatoms. The van der Waals surface area contributed by atoms with E-state index in [4.69, 9.17) is 11.6 Å². The number of hydrogen-bond donors (Lipinski definition) is 1. The normalized spacial score (nSPS) is 20.7. The molecule has 2 aliphatic rings. The van der Waals surface area contributed by atoms with Gasteiger partial charge in [-0.3, -0.25) is 0 Å². The lowest BCUT2D eigenvalue weighted by Gasteiger charge is -2.25. The Kier molecular flexibility index (Phi) is 7.26. The maximum atomic E-state index is 6.58. The second kappa shape index (κ2) is 9.65. The van der Waals surface area contributed by atoms with Crippen molar-refractivity contribution in [1.29, 1.82) is 0 Å². The van der Waals surface area contributed by atoms with Crippen molar-refractivity contribution < 1.29 is 0 Å². The summed E-state index contributed by atoms with van der Waals surface area (Å²) >= 11 is 6.58. The van der Waals surface area contributed by atoms with E-state index in [9.17, 15) is 0 Å². The third kappa shape index (κ3) is 5.50. The van der Waals surface area contributed by atoms with Gasteiger partial charge < -0.3 is 5.32 Å². The fraction of sp³-hybridized carbons (Fsp3) is 0.652. The molecule has 1 aromatic rings. The van der Waals surface area contributed by atoms with E-state index in [1.807, 2.05) is 0 Å². The van der Waals surface area contributed by atoms with E-state index < -0.39 is 0 Å². The second-order valence-corrected chi connectivity index (χ2v) is 8.21. The van der Waals surface area contributed by atoms with Gasteiger partial charge in [0.2, 0.25) is 0 Å². The molecule has 2 aliphatic carbocycles. The zero-order chi connectivity index (χ0) is 17.5. The molecular formula is C23H32ClN. The molecule has 2 saturated carbocycles. The molecule has 0 spiro atoms. The summed E-state index contributed by atoms with van der Waals surface area (Å²) in [7, 11) is 0. The Morgan fingerprint density at radius 3 is 2.36 bits per heavy atom. The molecule has 0 radical (unpaired) electrons. The van der Waals surface area contributed by atoms with Crippen LogP contribution < -0.4 is 5.32 Å². The predicted molar refractivity (Wildman–Crippen MR) is 108 cm³/mol. The second-order valence-electron chi connectivity index (χ2n) is 7.80. The average molecular weight is 358 g/mol. The van der Waals surface area contributed by atoms with Crippen molar-refractivity contribution in [3.63, 3.8) is 0 Å². The maximum Gasteiger partial charge on any atom is 0.0692 e. The van der Waals surface area contributed by atoms with Gasteiger partial charge in [0, 0.05) is 16.6 Å². The Hall–Kier alpha value is -0.970. The SMILES string of the molecule is CCC(C#Cc1ccc(C2CCCCC2)c(Cl)c1)NC1CCCCC1. The Labute approximate surface area is 158 Å². The molecule has 1 unspecified atom stereocenters. The van der Waals surface area contributed by atoms with Crippen molar-refractivity contribution in [2.45, 2.75) is 95.6 Å². The van der Waals surface area contributed by atoms with Gasteiger partial charge in [-0.05, 0) is 55.7 Å². The monoisotopic (exact) mass is 357 g/mol. The van der Waals surface area contributed by atoms with E-state index in [1.165, 1.54) is 69.8 Å². The van der Waals surface area contributed by atoms with E-state index in [2.05, 4.69) is 42.3 Å². The highest BCUT2D eigenvalue weighted by atomic mass is 35.5. The molecule has 2 fully saturated rings. The number of halogens is 1. The third-order valence-electron chi connectivity index (χ3n) is 5.89. The van der Waals surface area contributed by atoms with Gasteiger partial charge in [-0.25, -0.2) is 0 Å². The quantitative estimate of drug-likeness (QED) is 0.611.